The molecule has 35 heavy (non-hydrogen) atoms. The van der Waals surface area contributed by atoms with Crippen molar-refractivity contribution in [3.63, 3.8) is 0 Å². The minimum atomic E-state index is -3.60. The summed E-state index contributed by atoms with van der Waals surface area (Å²) in [5.74, 6) is 0.0712. The first kappa shape index (κ1) is 24.5. The smallest absolute Gasteiger partial charge is 0.353 e. The van der Waals surface area contributed by atoms with Crippen molar-refractivity contribution in [2.75, 3.05) is 29.6 Å². The summed E-state index contributed by atoms with van der Waals surface area (Å²) in [6.07, 6.45) is 5.14. The zero-order valence-corrected chi connectivity index (χ0v) is 20.2. The second-order valence-corrected chi connectivity index (χ2v) is 10.7. The predicted octanol–water partition coefficient (Wildman–Crippen LogP) is 4.17. The summed E-state index contributed by atoms with van der Waals surface area (Å²) in [4.78, 5) is 25.6. The van der Waals surface area contributed by atoms with Crippen LogP contribution >= 0.6 is 0 Å². The van der Waals surface area contributed by atoms with Crippen LogP contribution in [0, 0.1) is 15.9 Å². The van der Waals surface area contributed by atoms with E-state index in [9.17, 15) is 22.9 Å². The predicted molar refractivity (Wildman–Crippen MR) is 126 cm³/mol. The van der Waals surface area contributed by atoms with Crippen molar-refractivity contribution in [3.05, 3.63) is 58.3 Å². The van der Waals surface area contributed by atoms with E-state index in [2.05, 4.69) is 20.3 Å². The van der Waals surface area contributed by atoms with Crippen LogP contribution in [0.2, 0.25) is 0 Å². The van der Waals surface area contributed by atoms with Crippen molar-refractivity contribution in [1.29, 1.82) is 0 Å². The summed E-state index contributed by atoms with van der Waals surface area (Å²) < 4.78 is 43.5. The zero-order chi connectivity index (χ0) is 25.3. The Morgan fingerprint density at radius 2 is 1.97 bits per heavy atom. The lowest BCUT2D eigenvalue weighted by Gasteiger charge is -2.31. The summed E-state index contributed by atoms with van der Waals surface area (Å²) in [7, 11) is -3.60. The van der Waals surface area contributed by atoms with Crippen molar-refractivity contribution in [1.82, 2.24) is 15.0 Å². The Morgan fingerprint density at radius 1 is 1.26 bits per heavy atom. The van der Waals surface area contributed by atoms with Crippen molar-refractivity contribution in [2.45, 2.75) is 43.4 Å². The van der Waals surface area contributed by atoms with Gasteiger partial charge in [-0.05, 0) is 37.0 Å². The van der Waals surface area contributed by atoms with Gasteiger partial charge in [0, 0.05) is 25.3 Å². The van der Waals surface area contributed by atoms with Crippen LogP contribution in [0.25, 0.3) is 0 Å². The van der Waals surface area contributed by atoms with Crippen LogP contribution in [0.3, 0.4) is 0 Å². The van der Waals surface area contributed by atoms with Gasteiger partial charge in [-0.15, -0.1) is 0 Å². The molecule has 1 fully saturated rings. The van der Waals surface area contributed by atoms with Gasteiger partial charge in [-0.25, -0.2) is 27.8 Å². The second kappa shape index (κ2) is 9.56. The van der Waals surface area contributed by atoms with Crippen LogP contribution in [0.1, 0.15) is 50.1 Å². The fourth-order valence-corrected chi connectivity index (χ4v) is 4.54. The number of benzene rings is 1. The number of nitrogens with zero attached hydrogens (tertiary/aromatic N) is 5. The van der Waals surface area contributed by atoms with E-state index >= 15 is 0 Å². The number of nitrogens with one attached hydrogen (secondary N) is 1. The maximum absolute atomic E-state index is 14.5. The standard InChI is InChI=1S/C22H25FN6O5S/c1-13(2)18-11-34-22(27-18)14-6-8-28(9-7-14)21-19(29(30)31)20(24-12-25-21)26-17-5-4-15(10-16(17)23)35(3,32)33/h4-5,10-14H,6-9H2,1-3H3,(H,24,25,26). The topological polar surface area (TPSA) is 144 Å². The van der Waals surface area contributed by atoms with E-state index in [1.165, 1.54) is 18.5 Å². The molecule has 0 bridgehead atoms. The average molecular weight is 505 g/mol. The quantitative estimate of drug-likeness (QED) is 0.368. The summed E-state index contributed by atoms with van der Waals surface area (Å²) in [6, 6.07) is 3.26. The van der Waals surface area contributed by atoms with Crippen molar-refractivity contribution < 1.29 is 22.1 Å². The SMILES string of the molecule is CC(C)c1coc(C2CCN(c3ncnc(Nc4ccc(S(C)(=O)=O)cc4F)c3[N+](=O)[O-])CC2)n1. The van der Waals surface area contributed by atoms with E-state index < -0.39 is 26.3 Å². The van der Waals surface area contributed by atoms with Gasteiger partial charge < -0.3 is 14.6 Å². The van der Waals surface area contributed by atoms with E-state index in [0.717, 1.165) is 18.0 Å². The van der Waals surface area contributed by atoms with Crippen molar-refractivity contribution in [2.24, 2.45) is 0 Å². The Hall–Kier alpha value is -3.61. The molecule has 0 aliphatic carbocycles. The van der Waals surface area contributed by atoms with Gasteiger partial charge in [-0.2, -0.15) is 0 Å². The van der Waals surface area contributed by atoms with Crippen molar-refractivity contribution >= 4 is 32.8 Å². The van der Waals surface area contributed by atoms with Gasteiger partial charge in [0.15, 0.2) is 15.7 Å². The van der Waals surface area contributed by atoms with Crippen LogP contribution in [-0.4, -0.2) is 47.6 Å². The Morgan fingerprint density at radius 3 is 2.54 bits per heavy atom. The first-order valence-electron chi connectivity index (χ1n) is 11.0. The van der Waals surface area contributed by atoms with Crippen LogP contribution in [-0.2, 0) is 9.84 Å². The summed E-state index contributed by atoms with van der Waals surface area (Å²) in [6.45, 7) is 5.05. The molecule has 0 atom stereocenters. The molecule has 13 heteroatoms. The number of hydrogen-bond acceptors (Lipinski definition) is 10. The Kier molecular flexibility index (Phi) is 6.70. The van der Waals surface area contributed by atoms with E-state index in [0.29, 0.717) is 31.8 Å². The Labute approximate surface area is 201 Å². The number of nitro groups is 1. The summed E-state index contributed by atoms with van der Waals surface area (Å²) in [5, 5.41) is 14.6. The number of oxazole rings is 1. The summed E-state index contributed by atoms with van der Waals surface area (Å²) >= 11 is 0. The van der Waals surface area contributed by atoms with Gasteiger partial charge in [-0.1, -0.05) is 13.8 Å². The molecule has 3 heterocycles. The van der Waals surface area contributed by atoms with Crippen molar-refractivity contribution in [3.8, 4) is 0 Å². The molecule has 0 spiro atoms. The van der Waals surface area contributed by atoms with Gasteiger partial charge in [0.1, 0.15) is 18.4 Å². The maximum Gasteiger partial charge on any atom is 0.353 e. The minimum Gasteiger partial charge on any atom is -0.448 e. The molecule has 0 saturated carbocycles. The molecule has 1 N–H and O–H groups in total. The highest BCUT2D eigenvalue weighted by molar-refractivity contribution is 7.90. The molecule has 0 unspecified atom stereocenters. The molecule has 186 valence electrons. The molecule has 1 aliphatic heterocycles. The third-order valence-corrected chi connectivity index (χ3v) is 6.99. The van der Waals surface area contributed by atoms with Crippen LogP contribution in [0.5, 0.6) is 0 Å². The zero-order valence-electron chi connectivity index (χ0n) is 19.4. The molecular formula is C22H25FN6O5S. The molecule has 0 amide bonds. The highest BCUT2D eigenvalue weighted by atomic mass is 32.2. The van der Waals surface area contributed by atoms with Crippen LogP contribution in [0.15, 0.2) is 40.1 Å². The number of aromatic nitrogens is 3. The lowest BCUT2D eigenvalue weighted by atomic mass is 9.96. The first-order valence-corrected chi connectivity index (χ1v) is 12.9. The number of anilines is 3. The normalized spacial score (nSPS) is 14.9. The van der Waals surface area contributed by atoms with E-state index in [1.54, 1.807) is 11.2 Å². The molecule has 3 aromatic rings. The molecule has 1 aliphatic rings. The fourth-order valence-electron chi connectivity index (χ4n) is 3.91. The lowest BCUT2D eigenvalue weighted by Crippen LogP contribution is -2.34. The monoisotopic (exact) mass is 504 g/mol. The van der Waals surface area contributed by atoms with Crippen LogP contribution < -0.4 is 10.2 Å². The van der Waals surface area contributed by atoms with Gasteiger partial charge in [-0.3, -0.25) is 10.1 Å². The highest BCUT2D eigenvalue weighted by Gasteiger charge is 2.32. The van der Waals surface area contributed by atoms with Gasteiger partial charge in [0.05, 0.1) is 21.2 Å². The number of piperidine rings is 1. The van der Waals surface area contributed by atoms with Crippen LogP contribution in [0.4, 0.5) is 27.4 Å². The third-order valence-electron chi connectivity index (χ3n) is 5.88. The van der Waals surface area contributed by atoms with Gasteiger partial charge in [0.25, 0.3) is 0 Å². The molecule has 4 rings (SSSR count). The number of hydrogen-bond donors (Lipinski definition) is 1. The highest BCUT2D eigenvalue weighted by Crippen LogP contribution is 2.37. The van der Waals surface area contributed by atoms with E-state index in [4.69, 9.17) is 4.42 Å². The van der Waals surface area contributed by atoms with Gasteiger partial charge in [0.2, 0.25) is 11.6 Å². The molecule has 1 aromatic carbocycles. The molecule has 0 radical (unpaired) electrons. The number of rotatable bonds is 7. The summed E-state index contributed by atoms with van der Waals surface area (Å²) in [5.41, 5.74) is 0.353. The van der Waals surface area contributed by atoms with Gasteiger partial charge >= 0.3 is 5.69 Å². The maximum atomic E-state index is 14.5. The molecule has 11 nitrogen and oxygen atoms in total. The largest absolute Gasteiger partial charge is 0.448 e. The number of sulfone groups is 1. The fraction of sp³-hybridized carbons (Fsp3) is 0.409. The molecular weight excluding hydrogens is 479 g/mol. The lowest BCUT2D eigenvalue weighted by molar-refractivity contribution is -0.383. The number of halogens is 1. The second-order valence-electron chi connectivity index (χ2n) is 8.72. The van der Waals surface area contributed by atoms with E-state index in [1.807, 2.05) is 13.8 Å². The van der Waals surface area contributed by atoms with E-state index in [-0.39, 0.29) is 34.1 Å². The molecule has 1 saturated heterocycles. The third kappa shape index (κ3) is 5.24. The Balaban J connectivity index is 1.56. The first-order chi connectivity index (χ1) is 16.5. The molecule has 2 aromatic heterocycles. The Bertz CT molecular complexity index is 1350. The average Bonchev–Trinajstić information content (AvgIpc) is 3.30. The minimum absolute atomic E-state index is 0.0969.